The molecule has 1 aliphatic rings. The van der Waals surface area contributed by atoms with Crippen molar-refractivity contribution in [3.8, 4) is 0 Å². The summed E-state index contributed by atoms with van der Waals surface area (Å²) < 4.78 is 0. The second-order valence-electron chi connectivity index (χ2n) is 4.34. The lowest BCUT2D eigenvalue weighted by molar-refractivity contribution is 0.0697. The molecule has 0 unspecified atom stereocenters. The van der Waals surface area contributed by atoms with Crippen LogP contribution in [0, 0.1) is 0 Å². The topological polar surface area (TPSA) is 72.0 Å². The van der Waals surface area contributed by atoms with E-state index in [1.165, 1.54) is 37.9 Å². The van der Waals surface area contributed by atoms with Crippen LogP contribution in [-0.4, -0.2) is 34.5 Å². The molecule has 4 heteroatoms. The van der Waals surface area contributed by atoms with E-state index in [-0.39, 0.29) is 5.48 Å². The van der Waals surface area contributed by atoms with E-state index in [1.54, 1.807) is 12.1 Å². The van der Waals surface area contributed by atoms with Crippen molar-refractivity contribution in [2.45, 2.75) is 25.8 Å². The second-order valence-corrected chi connectivity index (χ2v) is 4.34. The fraction of sp³-hybridized carbons (Fsp3) is 0.462. The van der Waals surface area contributed by atoms with Crippen LogP contribution in [0.3, 0.4) is 0 Å². The van der Waals surface area contributed by atoms with Gasteiger partial charge in [-0.05, 0) is 43.6 Å². The molecule has 0 spiro atoms. The molecule has 1 aromatic carbocycles. The summed E-state index contributed by atoms with van der Waals surface area (Å²) in [6.07, 6.45) is 3.91. The smallest absolute Gasteiger partial charge is 0.335 e. The highest BCUT2D eigenvalue weighted by molar-refractivity contribution is 5.87. The maximum absolute atomic E-state index is 10.7. The van der Waals surface area contributed by atoms with Gasteiger partial charge < -0.3 is 10.6 Å². The standard InChI is InChI=1S/C13H17NO2.H2O/c15-13(16)12-6-4-11(5-7-12)10-14-8-2-1-3-9-14;/h4-7H,1-3,8-10H2,(H,15,16);1H2. The third-order valence-corrected chi connectivity index (χ3v) is 3.06. The summed E-state index contributed by atoms with van der Waals surface area (Å²) in [4.78, 5) is 13.1. The van der Waals surface area contributed by atoms with E-state index in [1.807, 2.05) is 12.1 Å². The number of piperidine rings is 1. The molecule has 17 heavy (non-hydrogen) atoms. The van der Waals surface area contributed by atoms with Crippen molar-refractivity contribution in [2.24, 2.45) is 0 Å². The highest BCUT2D eigenvalue weighted by atomic mass is 16.4. The molecule has 2 rings (SSSR count). The summed E-state index contributed by atoms with van der Waals surface area (Å²) in [5.74, 6) is -0.857. The number of hydrogen-bond donors (Lipinski definition) is 1. The number of aromatic carboxylic acids is 1. The van der Waals surface area contributed by atoms with Gasteiger partial charge in [-0.15, -0.1) is 0 Å². The molecule has 1 heterocycles. The second kappa shape index (κ2) is 6.37. The molecule has 4 nitrogen and oxygen atoms in total. The van der Waals surface area contributed by atoms with Crippen molar-refractivity contribution < 1.29 is 15.4 Å². The molecule has 0 saturated carbocycles. The Labute approximate surface area is 101 Å². The first-order chi connectivity index (χ1) is 7.75. The number of benzene rings is 1. The van der Waals surface area contributed by atoms with Gasteiger partial charge in [0.05, 0.1) is 5.56 Å². The van der Waals surface area contributed by atoms with E-state index < -0.39 is 5.97 Å². The molecular weight excluding hydrogens is 218 g/mol. The highest BCUT2D eigenvalue weighted by Gasteiger charge is 2.10. The molecule has 0 aliphatic carbocycles. The number of carbonyl (C=O) groups is 1. The Bertz CT molecular complexity index is 355. The van der Waals surface area contributed by atoms with Gasteiger partial charge in [-0.2, -0.15) is 0 Å². The minimum Gasteiger partial charge on any atom is -0.478 e. The first kappa shape index (κ1) is 13.7. The molecule has 0 radical (unpaired) electrons. The molecule has 1 aromatic rings. The molecule has 1 aliphatic heterocycles. The molecule has 1 fully saturated rings. The zero-order valence-electron chi connectivity index (χ0n) is 9.85. The van der Waals surface area contributed by atoms with Gasteiger partial charge >= 0.3 is 5.97 Å². The molecule has 0 amide bonds. The lowest BCUT2D eigenvalue weighted by atomic mass is 10.1. The number of likely N-dealkylation sites (tertiary alicyclic amines) is 1. The van der Waals surface area contributed by atoms with Crippen molar-refractivity contribution in [2.75, 3.05) is 13.1 Å². The van der Waals surface area contributed by atoms with Crippen LogP contribution in [-0.2, 0) is 6.54 Å². The van der Waals surface area contributed by atoms with Crippen molar-refractivity contribution in [3.05, 3.63) is 35.4 Å². The number of carboxylic acids is 1. The van der Waals surface area contributed by atoms with E-state index in [0.29, 0.717) is 5.56 Å². The normalized spacial score (nSPS) is 16.2. The molecule has 0 atom stereocenters. The van der Waals surface area contributed by atoms with Gasteiger partial charge in [0.1, 0.15) is 0 Å². The third-order valence-electron chi connectivity index (χ3n) is 3.06. The summed E-state index contributed by atoms with van der Waals surface area (Å²) >= 11 is 0. The van der Waals surface area contributed by atoms with E-state index >= 15 is 0 Å². The van der Waals surface area contributed by atoms with Crippen LogP contribution in [0.5, 0.6) is 0 Å². The molecule has 1 saturated heterocycles. The molecular formula is C13H19NO3. The van der Waals surface area contributed by atoms with Gasteiger partial charge in [0.25, 0.3) is 0 Å². The Hall–Kier alpha value is -1.39. The van der Waals surface area contributed by atoms with Crippen LogP contribution in [0.2, 0.25) is 0 Å². The molecule has 3 N–H and O–H groups in total. The summed E-state index contributed by atoms with van der Waals surface area (Å²) in [5, 5.41) is 8.79. The van der Waals surface area contributed by atoms with E-state index in [9.17, 15) is 4.79 Å². The summed E-state index contributed by atoms with van der Waals surface area (Å²) in [5.41, 5.74) is 1.56. The summed E-state index contributed by atoms with van der Waals surface area (Å²) in [6, 6.07) is 7.19. The predicted molar refractivity (Wildman–Crippen MR) is 66.1 cm³/mol. The monoisotopic (exact) mass is 237 g/mol. The van der Waals surface area contributed by atoms with Crippen molar-refractivity contribution >= 4 is 5.97 Å². The predicted octanol–water partition coefficient (Wildman–Crippen LogP) is 1.55. The quantitative estimate of drug-likeness (QED) is 0.866. The van der Waals surface area contributed by atoms with Crippen LogP contribution < -0.4 is 0 Å². The summed E-state index contributed by atoms with van der Waals surface area (Å²) in [6.45, 7) is 3.28. The number of hydrogen-bond acceptors (Lipinski definition) is 2. The Morgan fingerprint density at radius 2 is 1.71 bits per heavy atom. The van der Waals surface area contributed by atoms with Gasteiger partial charge in [0.2, 0.25) is 0 Å². The maximum atomic E-state index is 10.7. The number of carboxylic acid groups (broad SMARTS) is 1. The lowest BCUT2D eigenvalue weighted by Gasteiger charge is -2.26. The zero-order chi connectivity index (χ0) is 11.4. The lowest BCUT2D eigenvalue weighted by Crippen LogP contribution is -2.29. The molecule has 94 valence electrons. The Kier molecular flexibility index (Phi) is 5.12. The van der Waals surface area contributed by atoms with Gasteiger partial charge in [-0.25, -0.2) is 4.79 Å². The van der Waals surface area contributed by atoms with Crippen LogP contribution >= 0.6 is 0 Å². The minimum absolute atomic E-state index is 0. The maximum Gasteiger partial charge on any atom is 0.335 e. The first-order valence-electron chi connectivity index (χ1n) is 5.80. The molecule has 0 aromatic heterocycles. The van der Waals surface area contributed by atoms with Crippen molar-refractivity contribution in [1.82, 2.24) is 4.90 Å². The van der Waals surface area contributed by atoms with Gasteiger partial charge in [0, 0.05) is 6.54 Å². The van der Waals surface area contributed by atoms with E-state index in [0.717, 1.165) is 6.54 Å². The molecule has 0 bridgehead atoms. The van der Waals surface area contributed by atoms with Crippen LogP contribution in [0.25, 0.3) is 0 Å². The average molecular weight is 237 g/mol. The SMILES string of the molecule is O.O=C(O)c1ccc(CN2CCCCC2)cc1. The van der Waals surface area contributed by atoms with E-state index in [4.69, 9.17) is 5.11 Å². The van der Waals surface area contributed by atoms with Gasteiger partial charge in [-0.1, -0.05) is 18.6 Å². The third kappa shape index (κ3) is 3.84. The Morgan fingerprint density at radius 3 is 2.24 bits per heavy atom. The zero-order valence-corrected chi connectivity index (χ0v) is 9.85. The van der Waals surface area contributed by atoms with E-state index in [2.05, 4.69) is 4.90 Å². The minimum atomic E-state index is -0.857. The fourth-order valence-electron chi connectivity index (χ4n) is 2.13. The van der Waals surface area contributed by atoms with Gasteiger partial charge in [-0.3, -0.25) is 4.90 Å². The highest BCUT2D eigenvalue weighted by Crippen LogP contribution is 2.13. The number of nitrogens with zero attached hydrogens (tertiary/aromatic N) is 1. The fourth-order valence-corrected chi connectivity index (χ4v) is 2.13. The Balaban J connectivity index is 0.00000144. The largest absolute Gasteiger partial charge is 0.478 e. The van der Waals surface area contributed by atoms with Crippen LogP contribution in [0.1, 0.15) is 35.2 Å². The average Bonchev–Trinajstić information content (AvgIpc) is 2.31. The summed E-state index contributed by atoms with van der Waals surface area (Å²) in [7, 11) is 0. The van der Waals surface area contributed by atoms with Crippen LogP contribution in [0.4, 0.5) is 0 Å². The van der Waals surface area contributed by atoms with Crippen LogP contribution in [0.15, 0.2) is 24.3 Å². The Morgan fingerprint density at radius 1 is 1.12 bits per heavy atom. The number of rotatable bonds is 3. The van der Waals surface area contributed by atoms with Gasteiger partial charge in [0.15, 0.2) is 0 Å². The first-order valence-corrected chi connectivity index (χ1v) is 5.80. The van der Waals surface area contributed by atoms with Crippen molar-refractivity contribution in [1.29, 1.82) is 0 Å². The van der Waals surface area contributed by atoms with Crippen molar-refractivity contribution in [3.63, 3.8) is 0 Å².